The molecule has 2 unspecified atom stereocenters. The van der Waals surface area contributed by atoms with Gasteiger partial charge in [0.1, 0.15) is 0 Å². The number of nitrogens with one attached hydrogen (secondary N) is 1. The van der Waals surface area contributed by atoms with Gasteiger partial charge in [0.2, 0.25) is 0 Å². The molecule has 0 aromatic heterocycles. The maximum atomic E-state index is 14.4. The zero-order valence-corrected chi connectivity index (χ0v) is 39.0. The van der Waals surface area contributed by atoms with Crippen LogP contribution in [-0.4, -0.2) is 171 Å². The fourth-order valence-electron chi connectivity index (χ4n) is 12.6. The first-order chi connectivity index (χ1) is 27.6. The van der Waals surface area contributed by atoms with Crippen LogP contribution in [0.3, 0.4) is 0 Å². The van der Waals surface area contributed by atoms with Crippen LogP contribution >= 0.6 is 23.6 Å². The molecule has 15 heteroatoms. The van der Waals surface area contributed by atoms with E-state index in [-0.39, 0.29) is 17.3 Å². The van der Waals surface area contributed by atoms with E-state index in [9.17, 15) is 4.79 Å². The number of carbonyl (C=O) groups is 1. The Morgan fingerprint density at radius 1 is 0.561 bits per heavy atom. The molecule has 0 amide bonds. The summed E-state index contributed by atoms with van der Waals surface area (Å²) in [5.41, 5.74) is 1.79. The average Bonchev–Trinajstić information content (AvgIpc) is 4.00. The maximum absolute atomic E-state index is 14.4. The van der Waals surface area contributed by atoms with Gasteiger partial charge in [-0.1, -0.05) is 0 Å². The van der Waals surface area contributed by atoms with E-state index in [2.05, 4.69) is 59.5 Å². The van der Waals surface area contributed by atoms with Crippen LogP contribution in [0.15, 0.2) is 9.53 Å². The average molecular weight is 847 g/mol. The van der Waals surface area contributed by atoms with Crippen LogP contribution < -0.4 is 5.09 Å². The van der Waals surface area contributed by atoms with E-state index in [1.165, 1.54) is 100 Å². The van der Waals surface area contributed by atoms with Crippen molar-refractivity contribution in [3.8, 4) is 0 Å². The summed E-state index contributed by atoms with van der Waals surface area (Å²) in [5, 5.41) is 4.32. The van der Waals surface area contributed by atoms with Crippen LogP contribution in [0.2, 0.25) is 0 Å². The summed E-state index contributed by atoms with van der Waals surface area (Å²) in [6.07, 6.45) is 21.8. The van der Waals surface area contributed by atoms with Crippen molar-refractivity contribution >= 4 is 40.5 Å². The van der Waals surface area contributed by atoms with Gasteiger partial charge in [0, 0.05) is 0 Å². The minimum atomic E-state index is -4.58. The summed E-state index contributed by atoms with van der Waals surface area (Å²) in [6.45, 7) is 23.9. The summed E-state index contributed by atoms with van der Waals surface area (Å²) >= 11 is 0. The summed E-state index contributed by atoms with van der Waals surface area (Å²) < 4.78 is 29.1. The molecule has 1 N–H and O–H groups in total. The SMILES string of the molecule is CC(=O)OP(N=C1P(N2CCCC2)CCC1(N1CCCC1)N1CCCC1)(N=C1P(N2CCCC2)CCC1(N1CCCC1)N1CCCC1)(NC(C)(C)C)N1CCCC1. The monoisotopic (exact) mass is 847 g/mol. The van der Waals surface area contributed by atoms with E-state index in [4.69, 9.17) is 14.0 Å². The molecule has 0 radical (unpaired) electrons. The molecule has 0 bridgehead atoms. The van der Waals surface area contributed by atoms with Gasteiger partial charge in [-0.05, 0) is 0 Å². The van der Waals surface area contributed by atoms with Gasteiger partial charge in [-0.2, -0.15) is 0 Å². The van der Waals surface area contributed by atoms with Crippen molar-refractivity contribution in [2.24, 2.45) is 9.53 Å². The summed E-state index contributed by atoms with van der Waals surface area (Å²) in [5.74, 6) is -0.238. The zero-order chi connectivity index (χ0) is 39.3. The van der Waals surface area contributed by atoms with Crippen molar-refractivity contribution in [2.45, 2.75) is 147 Å². The van der Waals surface area contributed by atoms with Gasteiger partial charge in [0.15, 0.2) is 0 Å². The number of hydrogen-bond donors (Lipinski definition) is 1. The summed E-state index contributed by atoms with van der Waals surface area (Å²) in [6, 6.07) is 0. The zero-order valence-electron chi connectivity index (χ0n) is 36.3. The summed E-state index contributed by atoms with van der Waals surface area (Å²) in [7, 11) is -5.99. The van der Waals surface area contributed by atoms with Crippen molar-refractivity contribution in [1.29, 1.82) is 0 Å². The summed E-state index contributed by atoms with van der Waals surface area (Å²) in [4.78, 5) is 25.9. The third-order valence-electron chi connectivity index (χ3n) is 14.9. The standard InChI is InChI=1S/C42H77N10O2P3/c1-37(53)54-57(45-40(2,3)4,52-33-17-18-34-52,43-38-41(46-21-5-6-22-46,47-23-7-8-24-47)19-35-55(38)50-29-13-14-30-50)44-39-42(48-25-9-10-26-48,49-27-11-12-28-49)20-36-56(39)51-31-15-16-32-51/h45H,5-36H2,1-4H3. The van der Waals surface area contributed by atoms with Crippen molar-refractivity contribution < 1.29 is 9.32 Å². The van der Waals surface area contributed by atoms with Gasteiger partial charge in [-0.25, -0.2) is 0 Å². The Bertz CT molecular complexity index is 1380. The number of likely N-dealkylation sites (tertiary alicyclic amines) is 4. The molecule has 0 aromatic rings. The molecule has 57 heavy (non-hydrogen) atoms. The molecule has 9 aliphatic heterocycles. The number of rotatable bonds is 11. The molecule has 0 aromatic carbocycles. The molecule has 9 fully saturated rings. The molecule has 0 saturated carbocycles. The van der Waals surface area contributed by atoms with E-state index in [1.54, 1.807) is 6.92 Å². The minimum absolute atomic E-state index is 0.238. The van der Waals surface area contributed by atoms with Crippen LogP contribution in [0.1, 0.15) is 130 Å². The predicted octanol–water partition coefficient (Wildman–Crippen LogP) is 7.53. The molecule has 9 heterocycles. The van der Waals surface area contributed by atoms with Crippen LogP contribution in [-0.2, 0) is 9.32 Å². The van der Waals surface area contributed by atoms with Gasteiger partial charge in [-0.3, -0.25) is 0 Å². The first-order valence-corrected chi connectivity index (χ1v) is 28.6. The van der Waals surface area contributed by atoms with Crippen LogP contribution in [0.4, 0.5) is 0 Å². The second-order valence-electron chi connectivity index (χ2n) is 19.8. The Kier molecular flexibility index (Phi) is 12.4. The Hall–Kier alpha value is -0.220. The fraction of sp³-hybridized carbons (Fsp3) is 0.929. The first kappa shape index (κ1) is 42.1. The molecule has 9 aliphatic rings. The van der Waals surface area contributed by atoms with E-state index in [0.29, 0.717) is 0 Å². The Morgan fingerprint density at radius 3 is 1.19 bits per heavy atom. The quantitative estimate of drug-likeness (QED) is 0.211. The second-order valence-corrected chi connectivity index (χ2v) is 27.5. The van der Waals surface area contributed by atoms with E-state index >= 15 is 0 Å². The Morgan fingerprint density at radius 2 is 0.877 bits per heavy atom. The molecule has 0 aliphatic carbocycles. The van der Waals surface area contributed by atoms with E-state index < -0.39 is 29.1 Å². The number of carbonyl (C=O) groups excluding carboxylic acids is 1. The van der Waals surface area contributed by atoms with E-state index in [0.717, 1.165) is 117 Å². The van der Waals surface area contributed by atoms with Crippen LogP contribution in [0, 0.1) is 0 Å². The molecular formula is C42H77N10O2P3. The first-order valence-electron chi connectivity index (χ1n) is 23.6. The molecule has 9 rings (SSSR count). The van der Waals surface area contributed by atoms with Crippen molar-refractivity contribution in [1.82, 2.24) is 38.7 Å². The van der Waals surface area contributed by atoms with Crippen LogP contribution in [0.5, 0.6) is 0 Å². The third-order valence-corrected chi connectivity index (χ3v) is 24.8. The molecular weight excluding hydrogens is 769 g/mol. The third kappa shape index (κ3) is 7.59. The van der Waals surface area contributed by atoms with Gasteiger partial charge >= 0.3 is 349 Å². The van der Waals surface area contributed by atoms with Crippen molar-refractivity contribution in [3.63, 3.8) is 0 Å². The fourth-order valence-corrected chi connectivity index (χ4v) is 24.6. The molecule has 322 valence electrons. The Labute approximate surface area is 348 Å². The number of hydrogen-bond acceptors (Lipinski definition) is 12. The molecule has 12 nitrogen and oxygen atoms in total. The molecule has 0 spiro atoms. The second kappa shape index (κ2) is 16.8. The van der Waals surface area contributed by atoms with Gasteiger partial charge in [0.25, 0.3) is 0 Å². The van der Waals surface area contributed by atoms with Crippen molar-refractivity contribution in [3.05, 3.63) is 0 Å². The van der Waals surface area contributed by atoms with Crippen LogP contribution in [0.25, 0.3) is 0 Å². The van der Waals surface area contributed by atoms with Gasteiger partial charge < -0.3 is 0 Å². The number of nitrogens with zero attached hydrogens (tertiary/aromatic N) is 9. The predicted molar refractivity (Wildman–Crippen MR) is 240 cm³/mol. The topological polar surface area (TPSA) is 85.7 Å². The Balaban J connectivity index is 1.37. The van der Waals surface area contributed by atoms with Crippen molar-refractivity contribution in [2.75, 3.05) is 104 Å². The normalized spacial score (nSPS) is 33.9. The van der Waals surface area contributed by atoms with E-state index in [1.807, 2.05) is 0 Å². The molecule has 2 atom stereocenters. The molecule has 9 saturated heterocycles. The van der Waals surface area contributed by atoms with Gasteiger partial charge in [-0.15, -0.1) is 0 Å². The van der Waals surface area contributed by atoms with Gasteiger partial charge in [0.05, 0.1) is 0 Å².